The summed E-state index contributed by atoms with van der Waals surface area (Å²) in [6.07, 6.45) is 2.26. The van der Waals surface area contributed by atoms with Crippen LogP contribution in [-0.2, 0) is 14.2 Å². The zero-order valence-corrected chi connectivity index (χ0v) is 12.7. The van der Waals surface area contributed by atoms with E-state index in [1.807, 2.05) is 0 Å². The summed E-state index contributed by atoms with van der Waals surface area (Å²) in [5.74, 6) is 0. The Kier molecular flexibility index (Phi) is 9.38. The zero-order valence-electron chi connectivity index (χ0n) is 12.7. The Morgan fingerprint density at radius 2 is 1.95 bits per heavy atom. The quantitative estimate of drug-likeness (QED) is 0.636. The predicted molar refractivity (Wildman–Crippen MR) is 76.6 cm³/mol. The van der Waals surface area contributed by atoms with E-state index in [4.69, 9.17) is 14.2 Å². The van der Waals surface area contributed by atoms with Crippen LogP contribution in [-0.4, -0.2) is 77.3 Å². The lowest BCUT2D eigenvalue weighted by molar-refractivity contribution is 0.0664. The van der Waals surface area contributed by atoms with Gasteiger partial charge < -0.3 is 19.5 Å². The first-order valence-electron chi connectivity index (χ1n) is 7.31. The van der Waals surface area contributed by atoms with E-state index in [1.54, 1.807) is 14.2 Å². The van der Waals surface area contributed by atoms with Gasteiger partial charge in [-0.3, -0.25) is 4.90 Å². The summed E-state index contributed by atoms with van der Waals surface area (Å²) in [4.78, 5) is 2.42. The van der Waals surface area contributed by atoms with Gasteiger partial charge in [0.15, 0.2) is 0 Å². The summed E-state index contributed by atoms with van der Waals surface area (Å²) in [6, 6.07) is 1.05. The maximum Gasteiger partial charge on any atom is 0.0615 e. The second-order valence-corrected chi connectivity index (χ2v) is 5.17. The fourth-order valence-corrected chi connectivity index (χ4v) is 2.42. The number of ether oxygens (including phenoxy) is 3. The number of hydrogen-bond acceptors (Lipinski definition) is 5. The molecule has 0 aromatic rings. The fourth-order valence-electron chi connectivity index (χ4n) is 2.42. The van der Waals surface area contributed by atoms with E-state index in [1.165, 1.54) is 0 Å². The molecule has 114 valence electrons. The highest BCUT2D eigenvalue weighted by Crippen LogP contribution is 2.06. The maximum atomic E-state index is 5.37. The molecular formula is C14H30N2O3. The Morgan fingerprint density at radius 3 is 2.58 bits per heavy atom. The number of hydrogen-bond donors (Lipinski definition) is 1. The number of methoxy groups -OCH3 is 2. The minimum Gasteiger partial charge on any atom is -0.383 e. The topological polar surface area (TPSA) is 43.0 Å². The van der Waals surface area contributed by atoms with Crippen molar-refractivity contribution in [1.82, 2.24) is 10.2 Å². The van der Waals surface area contributed by atoms with E-state index in [9.17, 15) is 0 Å². The summed E-state index contributed by atoms with van der Waals surface area (Å²) in [6.45, 7) is 8.53. The lowest BCUT2D eigenvalue weighted by Crippen LogP contribution is -2.45. The van der Waals surface area contributed by atoms with E-state index >= 15 is 0 Å². The molecule has 0 saturated carbocycles. The van der Waals surface area contributed by atoms with Gasteiger partial charge in [0.1, 0.15) is 0 Å². The van der Waals surface area contributed by atoms with Crippen LogP contribution in [0, 0.1) is 0 Å². The first kappa shape index (κ1) is 16.9. The molecule has 1 atom stereocenters. The van der Waals surface area contributed by atoms with Crippen molar-refractivity contribution in [1.29, 1.82) is 0 Å². The van der Waals surface area contributed by atoms with Crippen molar-refractivity contribution in [3.63, 3.8) is 0 Å². The summed E-state index contributed by atoms with van der Waals surface area (Å²) in [5, 5.41) is 3.62. The minimum absolute atomic E-state index is 0.427. The van der Waals surface area contributed by atoms with E-state index in [2.05, 4.69) is 17.1 Å². The standard InChI is InChI=1S/C14H30N2O3/c1-13(12-18-3)16(8-11-17-2)7-6-15-14-4-9-19-10-5-14/h13-15H,4-12H2,1-3H3. The van der Waals surface area contributed by atoms with Gasteiger partial charge in [0, 0.05) is 59.2 Å². The monoisotopic (exact) mass is 274 g/mol. The van der Waals surface area contributed by atoms with Crippen LogP contribution in [0.25, 0.3) is 0 Å². The van der Waals surface area contributed by atoms with Crippen LogP contribution in [0.4, 0.5) is 0 Å². The third-order valence-corrected chi connectivity index (χ3v) is 3.67. The van der Waals surface area contributed by atoms with Crippen LogP contribution < -0.4 is 5.32 Å². The van der Waals surface area contributed by atoms with Gasteiger partial charge in [-0.1, -0.05) is 0 Å². The van der Waals surface area contributed by atoms with E-state index in [0.717, 1.165) is 58.9 Å². The van der Waals surface area contributed by atoms with Gasteiger partial charge in [-0.2, -0.15) is 0 Å². The highest BCUT2D eigenvalue weighted by atomic mass is 16.5. The van der Waals surface area contributed by atoms with Crippen molar-refractivity contribution in [2.75, 3.05) is 60.3 Å². The Balaban J connectivity index is 2.22. The molecule has 0 aromatic heterocycles. The summed E-state index contributed by atoms with van der Waals surface area (Å²) >= 11 is 0. The molecule has 1 aliphatic heterocycles. The maximum absolute atomic E-state index is 5.37. The molecule has 1 rings (SSSR count). The van der Waals surface area contributed by atoms with Gasteiger partial charge in [0.05, 0.1) is 13.2 Å². The number of nitrogens with zero attached hydrogens (tertiary/aromatic N) is 1. The molecule has 1 unspecified atom stereocenters. The molecule has 0 bridgehead atoms. The smallest absolute Gasteiger partial charge is 0.0615 e. The molecule has 1 aliphatic rings. The average Bonchev–Trinajstić information content (AvgIpc) is 2.44. The molecule has 5 heteroatoms. The van der Waals surface area contributed by atoms with E-state index in [0.29, 0.717) is 12.1 Å². The average molecular weight is 274 g/mol. The van der Waals surface area contributed by atoms with Crippen molar-refractivity contribution < 1.29 is 14.2 Å². The first-order valence-corrected chi connectivity index (χ1v) is 7.31. The summed E-state index contributed by atoms with van der Waals surface area (Å²) in [7, 11) is 3.50. The Bertz CT molecular complexity index is 211. The molecule has 1 heterocycles. The van der Waals surface area contributed by atoms with E-state index < -0.39 is 0 Å². The molecule has 1 saturated heterocycles. The zero-order chi connectivity index (χ0) is 13.9. The van der Waals surface area contributed by atoms with Crippen molar-refractivity contribution >= 4 is 0 Å². The van der Waals surface area contributed by atoms with E-state index in [-0.39, 0.29) is 0 Å². The van der Waals surface area contributed by atoms with Crippen LogP contribution in [0.15, 0.2) is 0 Å². The molecule has 1 fully saturated rings. The summed E-state index contributed by atoms with van der Waals surface area (Å²) in [5.41, 5.74) is 0. The highest BCUT2D eigenvalue weighted by molar-refractivity contribution is 4.73. The molecule has 5 nitrogen and oxygen atoms in total. The molecule has 19 heavy (non-hydrogen) atoms. The minimum atomic E-state index is 0.427. The molecule has 0 spiro atoms. The molecular weight excluding hydrogens is 244 g/mol. The number of nitrogens with one attached hydrogen (secondary N) is 1. The van der Waals surface area contributed by atoms with Crippen LogP contribution in [0.5, 0.6) is 0 Å². The van der Waals surface area contributed by atoms with Crippen molar-refractivity contribution in [2.45, 2.75) is 31.8 Å². The number of rotatable bonds is 10. The Labute approximate surface area is 117 Å². The Morgan fingerprint density at radius 1 is 1.21 bits per heavy atom. The molecule has 0 amide bonds. The second-order valence-electron chi connectivity index (χ2n) is 5.17. The third-order valence-electron chi connectivity index (χ3n) is 3.67. The highest BCUT2D eigenvalue weighted by Gasteiger charge is 2.16. The van der Waals surface area contributed by atoms with Crippen LogP contribution >= 0.6 is 0 Å². The van der Waals surface area contributed by atoms with Crippen molar-refractivity contribution in [3.05, 3.63) is 0 Å². The van der Waals surface area contributed by atoms with Crippen molar-refractivity contribution in [3.8, 4) is 0 Å². The lowest BCUT2D eigenvalue weighted by Gasteiger charge is -2.30. The second kappa shape index (κ2) is 10.6. The van der Waals surface area contributed by atoms with Crippen LogP contribution in [0.2, 0.25) is 0 Å². The van der Waals surface area contributed by atoms with Crippen LogP contribution in [0.1, 0.15) is 19.8 Å². The predicted octanol–water partition coefficient (Wildman–Crippen LogP) is 0.738. The van der Waals surface area contributed by atoms with Gasteiger partial charge in [-0.15, -0.1) is 0 Å². The largest absolute Gasteiger partial charge is 0.383 e. The molecule has 0 aromatic carbocycles. The summed E-state index contributed by atoms with van der Waals surface area (Å²) < 4.78 is 15.8. The normalized spacial score (nSPS) is 18.9. The van der Waals surface area contributed by atoms with Gasteiger partial charge in [-0.05, 0) is 19.8 Å². The molecule has 0 aliphatic carbocycles. The molecule has 0 radical (unpaired) electrons. The Hall–Kier alpha value is -0.200. The van der Waals surface area contributed by atoms with Gasteiger partial charge in [-0.25, -0.2) is 0 Å². The third kappa shape index (κ3) is 7.22. The fraction of sp³-hybridized carbons (Fsp3) is 1.00. The lowest BCUT2D eigenvalue weighted by atomic mass is 10.1. The SMILES string of the molecule is COCCN(CCNC1CCOCC1)C(C)COC. The van der Waals surface area contributed by atoms with Crippen molar-refractivity contribution in [2.24, 2.45) is 0 Å². The van der Waals surface area contributed by atoms with Gasteiger partial charge in [0.25, 0.3) is 0 Å². The van der Waals surface area contributed by atoms with Gasteiger partial charge in [0.2, 0.25) is 0 Å². The molecule has 1 N–H and O–H groups in total. The van der Waals surface area contributed by atoms with Crippen LogP contribution in [0.3, 0.4) is 0 Å². The first-order chi connectivity index (χ1) is 9.27. The van der Waals surface area contributed by atoms with Gasteiger partial charge >= 0.3 is 0 Å².